The zero-order valence-electron chi connectivity index (χ0n) is 15.4. The van der Waals surface area contributed by atoms with Gasteiger partial charge in [-0.05, 0) is 37.3 Å². The smallest absolute Gasteiger partial charge is 0.207 e. The number of nitrogens with two attached hydrogens (primary N) is 1. The third-order valence-electron chi connectivity index (χ3n) is 4.51. The molecule has 0 fully saturated rings. The number of fused-ring (bicyclic) bond motifs is 1. The molecule has 7 nitrogen and oxygen atoms in total. The van der Waals surface area contributed by atoms with Crippen molar-refractivity contribution in [2.75, 3.05) is 5.73 Å². The highest BCUT2D eigenvalue weighted by Crippen LogP contribution is 2.32. The summed E-state index contributed by atoms with van der Waals surface area (Å²) >= 11 is 0. The van der Waals surface area contributed by atoms with Gasteiger partial charge < -0.3 is 15.5 Å². The van der Waals surface area contributed by atoms with Crippen LogP contribution in [0.3, 0.4) is 0 Å². The van der Waals surface area contributed by atoms with E-state index in [-0.39, 0.29) is 12.4 Å². The third-order valence-corrected chi connectivity index (χ3v) is 4.51. The molecule has 3 aromatic heterocycles. The van der Waals surface area contributed by atoms with Crippen molar-refractivity contribution < 1.29 is 13.6 Å². The lowest BCUT2D eigenvalue weighted by atomic mass is 10.0. The number of pyridine rings is 1. The van der Waals surface area contributed by atoms with E-state index >= 15 is 0 Å². The summed E-state index contributed by atoms with van der Waals surface area (Å²) in [5, 5.41) is 2.51. The van der Waals surface area contributed by atoms with Gasteiger partial charge in [-0.1, -0.05) is 0 Å². The number of carbonyl (C=O) groups is 1. The lowest BCUT2D eigenvalue weighted by Gasteiger charge is -2.13. The van der Waals surface area contributed by atoms with Crippen LogP contribution in [0, 0.1) is 18.6 Å². The predicted molar refractivity (Wildman–Crippen MR) is 104 cm³/mol. The van der Waals surface area contributed by atoms with E-state index in [4.69, 9.17) is 5.73 Å². The number of nitrogens with one attached hydrogen (secondary N) is 1. The van der Waals surface area contributed by atoms with E-state index in [1.165, 1.54) is 6.07 Å². The van der Waals surface area contributed by atoms with Crippen molar-refractivity contribution in [3.63, 3.8) is 0 Å². The van der Waals surface area contributed by atoms with Crippen molar-refractivity contribution in [3.8, 4) is 22.5 Å². The first kappa shape index (κ1) is 18.5. The maximum absolute atomic E-state index is 13.8. The highest BCUT2D eigenvalue weighted by Gasteiger charge is 2.17. The molecule has 1 aromatic carbocycles. The van der Waals surface area contributed by atoms with Crippen LogP contribution in [0.5, 0.6) is 0 Å². The summed E-state index contributed by atoms with van der Waals surface area (Å²) in [5.74, 6) is -1.87. The Balaban J connectivity index is 1.95. The normalized spacial score (nSPS) is 11.0. The zero-order valence-corrected chi connectivity index (χ0v) is 15.4. The second-order valence-corrected chi connectivity index (χ2v) is 6.43. The van der Waals surface area contributed by atoms with E-state index in [0.29, 0.717) is 34.6 Å². The number of hydrogen-bond donors (Lipinski definition) is 2. The number of benzene rings is 1. The molecule has 0 aliphatic heterocycles. The van der Waals surface area contributed by atoms with E-state index in [2.05, 4.69) is 20.3 Å². The summed E-state index contributed by atoms with van der Waals surface area (Å²) in [6.07, 6.45) is 4.10. The Morgan fingerprint density at radius 1 is 1.10 bits per heavy atom. The van der Waals surface area contributed by atoms with Crippen molar-refractivity contribution >= 4 is 17.9 Å². The summed E-state index contributed by atoms with van der Waals surface area (Å²) < 4.78 is 29.1. The zero-order chi connectivity index (χ0) is 20.5. The highest BCUT2D eigenvalue weighted by atomic mass is 19.2. The van der Waals surface area contributed by atoms with Gasteiger partial charge in [0.2, 0.25) is 6.41 Å². The van der Waals surface area contributed by atoms with Crippen molar-refractivity contribution in [1.29, 1.82) is 0 Å². The fraction of sp³-hybridized carbons (Fsp3) is 0.100. The van der Waals surface area contributed by atoms with Gasteiger partial charge in [-0.2, -0.15) is 0 Å². The van der Waals surface area contributed by atoms with Gasteiger partial charge in [0.1, 0.15) is 17.2 Å². The average molecular weight is 394 g/mol. The summed E-state index contributed by atoms with van der Waals surface area (Å²) in [4.78, 5) is 23.9. The largest absolute Gasteiger partial charge is 0.382 e. The molecule has 0 spiro atoms. The minimum absolute atomic E-state index is 0.0831. The van der Waals surface area contributed by atoms with Crippen molar-refractivity contribution in [2.24, 2.45) is 0 Å². The third kappa shape index (κ3) is 3.38. The molecule has 0 saturated carbocycles. The summed E-state index contributed by atoms with van der Waals surface area (Å²) in [5.41, 5.74) is 9.76. The Hall–Kier alpha value is -3.88. The molecular formula is C20H16F2N6O. The fourth-order valence-electron chi connectivity index (χ4n) is 3.04. The number of anilines is 1. The van der Waals surface area contributed by atoms with Crippen LogP contribution in [-0.4, -0.2) is 25.8 Å². The van der Waals surface area contributed by atoms with E-state index in [1.54, 1.807) is 6.20 Å². The number of aromatic nitrogens is 4. The summed E-state index contributed by atoms with van der Waals surface area (Å²) in [6, 6.07) is 7.11. The van der Waals surface area contributed by atoms with Crippen LogP contribution < -0.4 is 11.1 Å². The summed E-state index contributed by atoms with van der Waals surface area (Å²) in [7, 11) is 0. The van der Waals surface area contributed by atoms with E-state index in [9.17, 15) is 13.6 Å². The van der Waals surface area contributed by atoms with Gasteiger partial charge in [0, 0.05) is 29.2 Å². The number of nitrogen functional groups attached to an aromatic ring is 1. The van der Waals surface area contributed by atoms with Gasteiger partial charge in [-0.25, -0.2) is 23.7 Å². The Bertz CT molecular complexity index is 1240. The van der Waals surface area contributed by atoms with Crippen molar-refractivity contribution in [1.82, 2.24) is 24.7 Å². The molecule has 0 bridgehead atoms. The van der Waals surface area contributed by atoms with Gasteiger partial charge in [-0.15, -0.1) is 0 Å². The summed E-state index contributed by atoms with van der Waals surface area (Å²) in [6.45, 7) is 1.99. The van der Waals surface area contributed by atoms with Crippen LogP contribution >= 0.6 is 0 Å². The van der Waals surface area contributed by atoms with E-state index in [1.807, 2.05) is 29.7 Å². The number of halogens is 2. The van der Waals surface area contributed by atoms with Gasteiger partial charge >= 0.3 is 0 Å². The SMILES string of the molecule is Cc1cnc2ccc(-c3nc(CNC=O)c(N)nc3-c3ccc(F)c(F)c3)cn12. The second kappa shape index (κ2) is 7.27. The highest BCUT2D eigenvalue weighted by molar-refractivity contribution is 5.79. The van der Waals surface area contributed by atoms with Crippen LogP contribution in [0.25, 0.3) is 28.2 Å². The Labute approximate surface area is 164 Å². The molecule has 9 heteroatoms. The molecule has 1 amide bonds. The fourth-order valence-corrected chi connectivity index (χ4v) is 3.04. The maximum atomic E-state index is 13.8. The molecule has 0 aliphatic rings. The van der Waals surface area contributed by atoms with Crippen LogP contribution in [0.2, 0.25) is 0 Å². The number of carbonyl (C=O) groups excluding carboxylic acids is 1. The topological polar surface area (TPSA) is 98.2 Å². The first-order valence-electron chi connectivity index (χ1n) is 8.71. The second-order valence-electron chi connectivity index (χ2n) is 6.43. The molecule has 0 radical (unpaired) electrons. The minimum atomic E-state index is -0.999. The first-order valence-corrected chi connectivity index (χ1v) is 8.71. The Morgan fingerprint density at radius 2 is 1.86 bits per heavy atom. The first-order chi connectivity index (χ1) is 14.0. The molecule has 3 heterocycles. The van der Waals surface area contributed by atoms with E-state index in [0.717, 1.165) is 23.5 Å². The Morgan fingerprint density at radius 3 is 2.62 bits per heavy atom. The lowest BCUT2D eigenvalue weighted by molar-refractivity contribution is -0.109. The average Bonchev–Trinajstić information content (AvgIpc) is 3.09. The molecule has 4 rings (SSSR count). The van der Waals surface area contributed by atoms with Crippen LogP contribution in [0.1, 0.15) is 11.4 Å². The number of imidazole rings is 1. The number of nitrogens with zero attached hydrogens (tertiary/aromatic N) is 4. The minimum Gasteiger partial charge on any atom is -0.382 e. The predicted octanol–water partition coefficient (Wildman–Crippen LogP) is 2.87. The van der Waals surface area contributed by atoms with Crippen molar-refractivity contribution in [3.05, 3.63) is 65.7 Å². The van der Waals surface area contributed by atoms with Crippen LogP contribution in [0.15, 0.2) is 42.7 Å². The molecule has 4 aromatic rings. The lowest BCUT2D eigenvalue weighted by Crippen LogP contribution is -2.15. The number of hydrogen-bond acceptors (Lipinski definition) is 5. The molecule has 3 N–H and O–H groups in total. The monoisotopic (exact) mass is 394 g/mol. The standard InChI is InChI=1S/C20H16F2N6O/c1-11-7-25-17-5-3-13(9-28(11)17)19-18(12-2-4-14(21)15(22)6-12)27-20(23)16(26-19)8-24-10-29/h2-7,9-10H,8H2,1H3,(H2,23,27)(H,24,29). The number of amides is 1. The Kier molecular flexibility index (Phi) is 4.63. The number of aryl methyl sites for hydroxylation is 1. The van der Waals surface area contributed by atoms with Gasteiger partial charge in [0.25, 0.3) is 0 Å². The molecule has 146 valence electrons. The molecule has 0 unspecified atom stereocenters. The van der Waals surface area contributed by atoms with Crippen LogP contribution in [0.4, 0.5) is 14.6 Å². The van der Waals surface area contributed by atoms with Crippen LogP contribution in [-0.2, 0) is 11.3 Å². The van der Waals surface area contributed by atoms with Gasteiger partial charge in [0.15, 0.2) is 11.6 Å². The molecule has 29 heavy (non-hydrogen) atoms. The quantitative estimate of drug-likeness (QED) is 0.507. The van der Waals surface area contributed by atoms with Crippen molar-refractivity contribution in [2.45, 2.75) is 13.5 Å². The van der Waals surface area contributed by atoms with E-state index < -0.39 is 11.6 Å². The molecule has 0 atom stereocenters. The molecule has 0 saturated heterocycles. The maximum Gasteiger partial charge on any atom is 0.207 e. The number of rotatable bonds is 5. The molecular weight excluding hydrogens is 378 g/mol. The van der Waals surface area contributed by atoms with Gasteiger partial charge in [0.05, 0.1) is 17.9 Å². The molecule has 0 aliphatic carbocycles. The van der Waals surface area contributed by atoms with Gasteiger partial charge in [-0.3, -0.25) is 4.79 Å².